The summed E-state index contributed by atoms with van der Waals surface area (Å²) in [6, 6.07) is 0. The van der Waals surface area contributed by atoms with E-state index in [0.717, 1.165) is 17.1 Å². The Morgan fingerprint density at radius 1 is 1.44 bits per heavy atom. The summed E-state index contributed by atoms with van der Waals surface area (Å²) in [5.41, 5.74) is 1.93. The van der Waals surface area contributed by atoms with Crippen molar-refractivity contribution < 1.29 is 13.2 Å². The van der Waals surface area contributed by atoms with Gasteiger partial charge in [0.15, 0.2) is 0 Å². The molecule has 0 radical (unpaired) electrons. The number of hydrogen-bond acceptors (Lipinski definition) is 5. The summed E-state index contributed by atoms with van der Waals surface area (Å²) >= 11 is 0. The van der Waals surface area contributed by atoms with Crippen molar-refractivity contribution in [3.63, 3.8) is 0 Å². The average Bonchev–Trinajstić information content (AvgIpc) is 2.51. The molecule has 6 nitrogen and oxygen atoms in total. The molecule has 1 rings (SSSR count). The molecular formula is C11H21N3O3S. The van der Waals surface area contributed by atoms with Crippen molar-refractivity contribution in [2.45, 2.75) is 19.9 Å². The molecule has 0 aliphatic carbocycles. The summed E-state index contributed by atoms with van der Waals surface area (Å²) in [6.45, 7) is 3.22. The average molecular weight is 275 g/mol. The molecule has 0 unspecified atom stereocenters. The van der Waals surface area contributed by atoms with Gasteiger partial charge in [0.25, 0.3) is 0 Å². The first-order chi connectivity index (χ1) is 8.35. The molecule has 0 saturated heterocycles. The van der Waals surface area contributed by atoms with Crippen LogP contribution in [0.2, 0.25) is 0 Å². The predicted molar refractivity (Wildman–Crippen MR) is 70.5 cm³/mol. The number of ether oxygens (including phenoxy) is 1. The van der Waals surface area contributed by atoms with Crippen LogP contribution in [0.1, 0.15) is 17.7 Å². The van der Waals surface area contributed by atoms with Crippen LogP contribution in [0.4, 0.5) is 0 Å². The number of aromatic nitrogens is 2. The third kappa shape index (κ3) is 4.30. The zero-order valence-corrected chi connectivity index (χ0v) is 12.2. The van der Waals surface area contributed by atoms with Crippen molar-refractivity contribution in [1.82, 2.24) is 15.1 Å². The first-order valence-corrected chi connectivity index (χ1v) is 7.86. The van der Waals surface area contributed by atoms with Crippen LogP contribution in [0.5, 0.6) is 5.88 Å². The molecule has 0 aromatic carbocycles. The molecule has 0 aliphatic rings. The lowest BCUT2D eigenvalue weighted by Crippen LogP contribution is -2.18. The first kappa shape index (κ1) is 15.0. The van der Waals surface area contributed by atoms with E-state index in [0.29, 0.717) is 19.5 Å². The molecule has 0 spiro atoms. The largest absolute Gasteiger partial charge is 0.481 e. The van der Waals surface area contributed by atoms with Gasteiger partial charge in [0.1, 0.15) is 9.84 Å². The minimum absolute atomic E-state index is 0.211. The highest BCUT2D eigenvalue weighted by Crippen LogP contribution is 2.20. The third-order valence-corrected chi connectivity index (χ3v) is 3.68. The van der Waals surface area contributed by atoms with Crippen LogP contribution in [0.25, 0.3) is 0 Å². The van der Waals surface area contributed by atoms with Crippen LogP contribution in [0.15, 0.2) is 0 Å². The maximum absolute atomic E-state index is 11.0. The maximum Gasteiger partial charge on any atom is 0.216 e. The summed E-state index contributed by atoms with van der Waals surface area (Å²) in [6.07, 6.45) is 1.86. The summed E-state index contributed by atoms with van der Waals surface area (Å²) in [7, 11) is 0.580. The van der Waals surface area contributed by atoms with Gasteiger partial charge in [-0.15, -0.1) is 0 Å². The Labute approximate surface area is 108 Å². The van der Waals surface area contributed by atoms with Crippen LogP contribution in [-0.2, 0) is 23.4 Å². The zero-order valence-electron chi connectivity index (χ0n) is 11.4. The highest BCUT2D eigenvalue weighted by atomic mass is 32.2. The summed E-state index contributed by atoms with van der Waals surface area (Å²) in [5.74, 6) is 0.950. The Kier molecular flexibility index (Phi) is 5.15. The molecule has 0 atom stereocenters. The lowest BCUT2D eigenvalue weighted by molar-refractivity contribution is 0.368. The molecule has 0 bridgehead atoms. The van der Waals surface area contributed by atoms with E-state index in [1.165, 1.54) is 6.26 Å². The molecule has 18 heavy (non-hydrogen) atoms. The lowest BCUT2D eigenvalue weighted by Gasteiger charge is -2.06. The van der Waals surface area contributed by atoms with Crippen LogP contribution in [0.3, 0.4) is 0 Å². The molecule has 0 amide bonds. The van der Waals surface area contributed by atoms with Crippen LogP contribution in [0, 0.1) is 6.92 Å². The molecule has 1 heterocycles. The lowest BCUT2D eigenvalue weighted by atomic mass is 10.2. The Bertz CT molecular complexity index is 494. The molecule has 0 fully saturated rings. The highest BCUT2D eigenvalue weighted by molar-refractivity contribution is 7.90. The zero-order chi connectivity index (χ0) is 13.8. The molecule has 104 valence electrons. The second-order valence-corrected chi connectivity index (χ2v) is 6.62. The van der Waals surface area contributed by atoms with E-state index in [2.05, 4.69) is 10.4 Å². The van der Waals surface area contributed by atoms with Crippen molar-refractivity contribution in [2.75, 3.05) is 25.7 Å². The van der Waals surface area contributed by atoms with Crippen molar-refractivity contribution in [3.05, 3.63) is 11.3 Å². The number of sulfone groups is 1. The van der Waals surface area contributed by atoms with E-state index < -0.39 is 9.84 Å². The normalized spacial score (nSPS) is 11.8. The van der Waals surface area contributed by atoms with E-state index in [1.54, 1.807) is 11.8 Å². The molecule has 0 saturated carbocycles. The second-order valence-electron chi connectivity index (χ2n) is 4.36. The topological polar surface area (TPSA) is 73.2 Å². The van der Waals surface area contributed by atoms with Crippen molar-refractivity contribution >= 4 is 9.84 Å². The third-order valence-electron chi connectivity index (χ3n) is 2.65. The summed E-state index contributed by atoms with van der Waals surface area (Å²) in [4.78, 5) is 0. The fraction of sp³-hybridized carbons (Fsp3) is 0.727. The van der Waals surface area contributed by atoms with Crippen LogP contribution in [-0.4, -0.2) is 43.9 Å². The van der Waals surface area contributed by atoms with Crippen LogP contribution >= 0.6 is 0 Å². The molecule has 7 heteroatoms. The molecule has 0 aliphatic heterocycles. The predicted octanol–water partition coefficient (Wildman–Crippen LogP) is 0.261. The number of nitrogens with zero attached hydrogens (tertiary/aromatic N) is 2. The number of aryl methyl sites for hydroxylation is 2. The highest BCUT2D eigenvalue weighted by Gasteiger charge is 2.12. The van der Waals surface area contributed by atoms with Gasteiger partial charge >= 0.3 is 0 Å². The SMILES string of the molecule is COc1c(CNCCCS(C)(=O)=O)c(C)nn1C. The Hall–Kier alpha value is -1.08. The minimum Gasteiger partial charge on any atom is -0.481 e. The van der Waals surface area contributed by atoms with Crippen molar-refractivity contribution in [3.8, 4) is 5.88 Å². The van der Waals surface area contributed by atoms with Gasteiger partial charge in [0, 0.05) is 19.8 Å². The number of nitrogens with one attached hydrogen (secondary N) is 1. The van der Waals surface area contributed by atoms with Gasteiger partial charge in [-0.3, -0.25) is 0 Å². The van der Waals surface area contributed by atoms with E-state index in [1.807, 2.05) is 14.0 Å². The summed E-state index contributed by atoms with van der Waals surface area (Å²) < 4.78 is 28.9. The van der Waals surface area contributed by atoms with Gasteiger partial charge in [-0.2, -0.15) is 5.10 Å². The molecule has 1 N–H and O–H groups in total. The van der Waals surface area contributed by atoms with Gasteiger partial charge in [-0.05, 0) is 19.9 Å². The Morgan fingerprint density at radius 3 is 2.67 bits per heavy atom. The quantitative estimate of drug-likeness (QED) is 0.723. The van der Waals surface area contributed by atoms with Gasteiger partial charge < -0.3 is 10.1 Å². The number of hydrogen-bond donors (Lipinski definition) is 1. The van der Waals surface area contributed by atoms with Gasteiger partial charge in [0.05, 0.1) is 24.1 Å². The maximum atomic E-state index is 11.0. The molecule has 1 aromatic heterocycles. The van der Waals surface area contributed by atoms with Gasteiger partial charge in [-0.25, -0.2) is 13.1 Å². The van der Waals surface area contributed by atoms with Crippen molar-refractivity contribution in [2.24, 2.45) is 7.05 Å². The smallest absolute Gasteiger partial charge is 0.216 e. The minimum atomic E-state index is -2.87. The first-order valence-electron chi connectivity index (χ1n) is 5.80. The Balaban J connectivity index is 2.45. The van der Waals surface area contributed by atoms with Gasteiger partial charge in [-0.1, -0.05) is 0 Å². The number of methoxy groups -OCH3 is 1. The van der Waals surface area contributed by atoms with E-state index in [9.17, 15) is 8.42 Å². The Morgan fingerprint density at radius 2 is 2.11 bits per heavy atom. The van der Waals surface area contributed by atoms with E-state index >= 15 is 0 Å². The van der Waals surface area contributed by atoms with Crippen molar-refractivity contribution in [1.29, 1.82) is 0 Å². The standard InChI is InChI=1S/C11H21N3O3S/c1-9-10(11(17-3)14(2)13-9)8-12-6-5-7-18(4,15)16/h12H,5-8H2,1-4H3. The number of rotatable bonds is 7. The van der Waals surface area contributed by atoms with Gasteiger partial charge in [0.2, 0.25) is 5.88 Å². The monoisotopic (exact) mass is 275 g/mol. The fourth-order valence-corrected chi connectivity index (χ4v) is 2.48. The van der Waals surface area contributed by atoms with E-state index in [-0.39, 0.29) is 5.75 Å². The molecule has 1 aromatic rings. The van der Waals surface area contributed by atoms with Crippen LogP contribution < -0.4 is 10.1 Å². The molecular weight excluding hydrogens is 254 g/mol. The second kappa shape index (κ2) is 6.19. The summed E-state index contributed by atoms with van der Waals surface area (Å²) in [5, 5.41) is 7.48. The fourth-order valence-electron chi connectivity index (χ4n) is 1.81. The van der Waals surface area contributed by atoms with E-state index in [4.69, 9.17) is 4.74 Å².